The summed E-state index contributed by atoms with van der Waals surface area (Å²) in [6.45, 7) is 22.3. The van der Waals surface area contributed by atoms with E-state index in [2.05, 4.69) is 154 Å². The molecular formula is C50H66BCrF4N2O2-. The van der Waals surface area contributed by atoms with E-state index in [1.165, 1.54) is 22.3 Å². The standard InChI is InChI=1S/C50H66N2O2.BF4.Cr/c1-11-49(12-2,37-23-17-15-18-24-37)41-31-39(47(5,6)7)29-35(45(41)53)33-51-43-27-21-22-28-44(43)52-34-36-30-40(48(8,9)10)32-42(46(36)54)50(13-3,14-4)38-25-19-16-20-26-38;2-1(3,4)5;/h15-20,23-26,29-34,43-44,53-54H,11-14,21-22,27-28H2,1-10H3;;/q;-1;/t43-,44-;;/m0../s1. The SMILES string of the molecule is CCC(CC)(c1ccccc1)c1cc(C(C)(C)C)cc(C=N[C@H]2CCCC[C@@H]2N=Cc2cc(C(C)(C)C)cc(C(CC)(CC)c3ccccc3)c2O)c1O.F[B-](F)(F)F.[Cr]. The van der Waals surface area contributed by atoms with Crippen molar-refractivity contribution in [1.82, 2.24) is 0 Å². The predicted molar refractivity (Wildman–Crippen MR) is 241 cm³/mol. The molecule has 0 heterocycles. The van der Waals surface area contributed by atoms with Gasteiger partial charge in [0.15, 0.2) is 0 Å². The number of nitrogens with zero attached hydrogens (tertiary/aromatic N) is 2. The fraction of sp³-hybridized carbons (Fsp3) is 0.480. The van der Waals surface area contributed by atoms with Crippen molar-refractivity contribution in [2.75, 3.05) is 0 Å². The second kappa shape index (κ2) is 20.8. The van der Waals surface area contributed by atoms with Crippen LogP contribution >= 0.6 is 0 Å². The Morgan fingerprint density at radius 3 is 1.12 bits per heavy atom. The zero-order chi connectivity index (χ0) is 43.8. The molecule has 60 heavy (non-hydrogen) atoms. The molecule has 0 saturated heterocycles. The fourth-order valence-electron chi connectivity index (χ4n) is 8.80. The Kier molecular flexibility index (Phi) is 17.5. The molecular weight excluding hydrogens is 799 g/mol. The Hall–Kier alpha value is -3.86. The summed E-state index contributed by atoms with van der Waals surface area (Å²) in [5.41, 5.74) is 7.46. The molecule has 10 heteroatoms. The molecule has 0 spiro atoms. The second-order valence-corrected chi connectivity index (χ2v) is 18.2. The molecule has 5 rings (SSSR count). The monoisotopic (exact) mass is 865 g/mol. The average Bonchev–Trinajstić information content (AvgIpc) is 3.19. The van der Waals surface area contributed by atoms with Crippen molar-refractivity contribution in [3.63, 3.8) is 0 Å². The summed E-state index contributed by atoms with van der Waals surface area (Å²) in [5.74, 6) is 0.640. The van der Waals surface area contributed by atoms with E-state index < -0.39 is 7.25 Å². The molecule has 1 saturated carbocycles. The molecule has 0 amide bonds. The van der Waals surface area contributed by atoms with Crippen LogP contribution in [0.15, 0.2) is 94.9 Å². The largest absolute Gasteiger partial charge is 0.673 e. The van der Waals surface area contributed by atoms with Gasteiger partial charge in [-0.05, 0) is 83.7 Å². The first-order chi connectivity index (χ1) is 27.6. The number of phenolic OH excluding ortho intramolecular Hbond substituents is 2. The zero-order valence-corrected chi connectivity index (χ0v) is 38.6. The van der Waals surface area contributed by atoms with Crippen LogP contribution in [-0.2, 0) is 39.0 Å². The van der Waals surface area contributed by atoms with Gasteiger partial charge in [0, 0.05) is 62.9 Å². The molecule has 4 nitrogen and oxygen atoms in total. The van der Waals surface area contributed by atoms with Crippen LogP contribution in [0.1, 0.15) is 165 Å². The van der Waals surface area contributed by atoms with E-state index in [4.69, 9.17) is 9.98 Å². The van der Waals surface area contributed by atoms with Crippen LogP contribution in [0, 0.1) is 0 Å². The molecule has 1 aliphatic carbocycles. The Balaban J connectivity index is 0.00000151. The molecule has 1 aliphatic rings. The van der Waals surface area contributed by atoms with E-state index in [1.54, 1.807) is 0 Å². The van der Waals surface area contributed by atoms with Gasteiger partial charge in [0.1, 0.15) is 11.5 Å². The van der Waals surface area contributed by atoms with E-state index in [0.29, 0.717) is 11.5 Å². The molecule has 2 N–H and O–H groups in total. The van der Waals surface area contributed by atoms with Crippen molar-refractivity contribution in [2.45, 2.75) is 154 Å². The Morgan fingerprint density at radius 1 is 0.550 bits per heavy atom. The van der Waals surface area contributed by atoms with E-state index in [9.17, 15) is 27.5 Å². The van der Waals surface area contributed by atoms with Crippen LogP contribution < -0.4 is 0 Å². The summed E-state index contributed by atoms with van der Waals surface area (Å²) in [7, 11) is -6.00. The van der Waals surface area contributed by atoms with Gasteiger partial charge in [0.05, 0.1) is 12.1 Å². The number of phenols is 2. The van der Waals surface area contributed by atoms with Crippen LogP contribution in [0.4, 0.5) is 17.3 Å². The summed E-state index contributed by atoms with van der Waals surface area (Å²) in [5, 5.41) is 24.1. The first kappa shape index (κ1) is 50.5. The molecule has 4 aromatic rings. The zero-order valence-electron chi connectivity index (χ0n) is 37.3. The smallest absolute Gasteiger partial charge is 0.507 e. The van der Waals surface area contributed by atoms with E-state index in [1.807, 2.05) is 12.4 Å². The number of aromatic hydroxyl groups is 2. The molecule has 326 valence electrons. The summed E-state index contributed by atoms with van der Waals surface area (Å²) in [6, 6.07) is 30.0. The number of hydrogen-bond acceptors (Lipinski definition) is 4. The van der Waals surface area contributed by atoms with Crippen LogP contribution in [0.5, 0.6) is 11.5 Å². The van der Waals surface area contributed by atoms with Crippen LogP contribution in [0.25, 0.3) is 0 Å². The van der Waals surface area contributed by atoms with Gasteiger partial charge in [-0.3, -0.25) is 9.98 Å². The summed E-state index contributed by atoms with van der Waals surface area (Å²) in [4.78, 5) is 10.4. The number of hydrogen-bond donors (Lipinski definition) is 2. The molecule has 4 aromatic carbocycles. The van der Waals surface area contributed by atoms with Gasteiger partial charge in [0.25, 0.3) is 0 Å². The number of aliphatic imine (C=N–C) groups is 2. The molecule has 0 unspecified atom stereocenters. The first-order valence-electron chi connectivity index (χ1n) is 21.5. The van der Waals surface area contributed by atoms with Gasteiger partial charge in [-0.15, -0.1) is 0 Å². The van der Waals surface area contributed by atoms with Gasteiger partial charge in [-0.25, -0.2) is 0 Å². The molecule has 0 bridgehead atoms. The van der Waals surface area contributed by atoms with E-state index in [-0.39, 0.29) is 51.1 Å². The Bertz CT molecular complexity index is 1880. The molecule has 0 aromatic heterocycles. The third-order valence-corrected chi connectivity index (χ3v) is 12.6. The number of rotatable bonds is 12. The maximum atomic E-state index is 12.1. The normalized spacial score (nSPS) is 16.7. The van der Waals surface area contributed by atoms with Crippen molar-refractivity contribution in [1.29, 1.82) is 0 Å². The van der Waals surface area contributed by atoms with Gasteiger partial charge in [0.2, 0.25) is 0 Å². The fourth-order valence-corrected chi connectivity index (χ4v) is 8.80. The maximum absolute atomic E-state index is 12.1. The van der Waals surface area contributed by atoms with Gasteiger partial charge in [-0.2, -0.15) is 0 Å². The van der Waals surface area contributed by atoms with Crippen LogP contribution in [0.2, 0.25) is 0 Å². The predicted octanol–water partition coefficient (Wildman–Crippen LogP) is 14.1. The summed E-state index contributed by atoms with van der Waals surface area (Å²) in [6.07, 6.45) is 11.4. The van der Waals surface area contributed by atoms with Crippen molar-refractivity contribution in [3.8, 4) is 11.5 Å². The number of halogens is 4. The van der Waals surface area contributed by atoms with Crippen LogP contribution in [0.3, 0.4) is 0 Å². The first-order valence-corrected chi connectivity index (χ1v) is 21.5. The van der Waals surface area contributed by atoms with Crippen molar-refractivity contribution in [3.05, 3.63) is 129 Å². The molecule has 0 aliphatic heterocycles. The minimum atomic E-state index is -6.00. The van der Waals surface area contributed by atoms with Gasteiger partial charge >= 0.3 is 7.25 Å². The third kappa shape index (κ3) is 11.9. The van der Waals surface area contributed by atoms with Crippen molar-refractivity contribution in [2.24, 2.45) is 9.98 Å². The Labute approximate surface area is 368 Å². The molecule has 1 fully saturated rings. The average molecular weight is 866 g/mol. The molecule has 0 radical (unpaired) electrons. The van der Waals surface area contributed by atoms with Crippen molar-refractivity contribution < 1.29 is 44.8 Å². The Morgan fingerprint density at radius 2 is 0.850 bits per heavy atom. The topological polar surface area (TPSA) is 65.2 Å². The van der Waals surface area contributed by atoms with Gasteiger partial charge in [-0.1, -0.05) is 155 Å². The minimum absolute atomic E-state index is 0. The van der Waals surface area contributed by atoms with Gasteiger partial charge < -0.3 is 27.5 Å². The quantitative estimate of drug-likeness (QED) is 0.0846. The van der Waals surface area contributed by atoms with Crippen LogP contribution in [-0.4, -0.2) is 42.0 Å². The van der Waals surface area contributed by atoms with E-state index in [0.717, 1.165) is 73.6 Å². The minimum Gasteiger partial charge on any atom is -0.507 e. The second-order valence-electron chi connectivity index (χ2n) is 18.2. The van der Waals surface area contributed by atoms with Crippen molar-refractivity contribution >= 4 is 19.7 Å². The maximum Gasteiger partial charge on any atom is 0.673 e. The summed E-state index contributed by atoms with van der Waals surface area (Å²) < 4.78 is 39.0. The summed E-state index contributed by atoms with van der Waals surface area (Å²) >= 11 is 0. The third-order valence-electron chi connectivity index (χ3n) is 12.6. The van der Waals surface area contributed by atoms with E-state index >= 15 is 0 Å². The number of benzene rings is 4. The molecule has 2 atom stereocenters.